The number of nitrogens with one attached hydrogen (secondary N) is 1. The molecule has 1 aromatic rings. The maximum atomic E-state index is 13.2. The predicted molar refractivity (Wildman–Crippen MR) is 67.8 cm³/mol. The minimum atomic E-state index is -0.872. The molecule has 1 aromatic carbocycles. The third-order valence-corrected chi connectivity index (χ3v) is 3.64. The van der Waals surface area contributed by atoms with Crippen LogP contribution >= 0.6 is 0 Å². The zero-order valence-corrected chi connectivity index (χ0v) is 11.0. The molecule has 1 saturated carbocycles. The lowest BCUT2D eigenvalue weighted by atomic mass is 9.80. The quantitative estimate of drug-likeness (QED) is 0.833. The fraction of sp³-hybridized carbons (Fsp3) is 0.571. The van der Waals surface area contributed by atoms with Crippen LogP contribution in [-0.2, 0) is 4.74 Å². The Kier molecular flexibility index (Phi) is 4.50. The lowest BCUT2D eigenvalue weighted by Crippen LogP contribution is -2.47. The first-order chi connectivity index (χ1) is 9.04. The van der Waals surface area contributed by atoms with E-state index in [1.54, 1.807) is 7.11 Å². The summed E-state index contributed by atoms with van der Waals surface area (Å²) in [5.74, 6) is -1.74. The van der Waals surface area contributed by atoms with Crippen LogP contribution in [0.25, 0.3) is 0 Å². The second kappa shape index (κ2) is 5.94. The number of benzene rings is 1. The number of rotatable bonds is 6. The molecule has 2 rings (SSSR count). The van der Waals surface area contributed by atoms with Crippen molar-refractivity contribution in [2.45, 2.75) is 30.9 Å². The Hall–Kier alpha value is -1.04. The first-order valence-electron chi connectivity index (χ1n) is 6.44. The SMILES string of the molecule is COCC(NCC1(O)CCC1)c1ccc(F)c(F)c1. The lowest BCUT2D eigenvalue weighted by Gasteiger charge is -2.38. The highest BCUT2D eigenvalue weighted by molar-refractivity contribution is 5.21. The van der Waals surface area contributed by atoms with Crippen LogP contribution in [0.1, 0.15) is 30.9 Å². The van der Waals surface area contributed by atoms with Crippen LogP contribution in [0.3, 0.4) is 0 Å². The third kappa shape index (κ3) is 3.49. The van der Waals surface area contributed by atoms with E-state index in [2.05, 4.69) is 5.32 Å². The number of halogens is 2. The molecule has 1 aliphatic rings. The number of methoxy groups -OCH3 is 1. The molecular weight excluding hydrogens is 252 g/mol. The van der Waals surface area contributed by atoms with E-state index in [9.17, 15) is 13.9 Å². The molecule has 5 heteroatoms. The molecule has 0 bridgehead atoms. The molecule has 0 radical (unpaired) electrons. The normalized spacial score (nSPS) is 18.9. The number of hydrogen-bond donors (Lipinski definition) is 2. The van der Waals surface area contributed by atoms with Crippen LogP contribution in [0.2, 0.25) is 0 Å². The Labute approximate surface area is 111 Å². The lowest BCUT2D eigenvalue weighted by molar-refractivity contribution is -0.0349. The van der Waals surface area contributed by atoms with Gasteiger partial charge in [-0.15, -0.1) is 0 Å². The van der Waals surface area contributed by atoms with Gasteiger partial charge in [-0.2, -0.15) is 0 Å². The van der Waals surface area contributed by atoms with E-state index in [-0.39, 0.29) is 6.04 Å². The minimum absolute atomic E-state index is 0.260. The maximum Gasteiger partial charge on any atom is 0.159 e. The van der Waals surface area contributed by atoms with E-state index in [1.807, 2.05) is 0 Å². The summed E-state index contributed by atoms with van der Waals surface area (Å²) in [4.78, 5) is 0. The van der Waals surface area contributed by atoms with Gasteiger partial charge in [-0.25, -0.2) is 8.78 Å². The maximum absolute atomic E-state index is 13.2. The van der Waals surface area contributed by atoms with Crippen LogP contribution in [0.5, 0.6) is 0 Å². The summed E-state index contributed by atoms with van der Waals surface area (Å²) in [6, 6.07) is 3.54. The Morgan fingerprint density at radius 2 is 2.11 bits per heavy atom. The van der Waals surface area contributed by atoms with Gasteiger partial charge >= 0.3 is 0 Å². The average Bonchev–Trinajstić information content (AvgIpc) is 2.35. The molecule has 2 N–H and O–H groups in total. The largest absolute Gasteiger partial charge is 0.389 e. The van der Waals surface area contributed by atoms with Crippen LogP contribution in [0.15, 0.2) is 18.2 Å². The van der Waals surface area contributed by atoms with Crippen LogP contribution in [-0.4, -0.2) is 31.0 Å². The molecule has 0 saturated heterocycles. The molecule has 0 heterocycles. The van der Waals surface area contributed by atoms with E-state index >= 15 is 0 Å². The molecule has 1 unspecified atom stereocenters. The van der Waals surface area contributed by atoms with E-state index in [0.29, 0.717) is 18.7 Å². The zero-order valence-electron chi connectivity index (χ0n) is 11.0. The number of ether oxygens (including phenoxy) is 1. The van der Waals surface area contributed by atoms with Crippen LogP contribution in [0, 0.1) is 11.6 Å². The van der Waals surface area contributed by atoms with Gasteiger partial charge in [0.1, 0.15) is 0 Å². The summed E-state index contributed by atoms with van der Waals surface area (Å²) in [6.07, 6.45) is 2.58. The summed E-state index contributed by atoms with van der Waals surface area (Å²) in [5, 5.41) is 13.2. The van der Waals surface area contributed by atoms with Gasteiger partial charge in [-0.05, 0) is 37.0 Å². The third-order valence-electron chi connectivity index (χ3n) is 3.64. The molecule has 0 spiro atoms. The van der Waals surface area contributed by atoms with Gasteiger partial charge in [0.2, 0.25) is 0 Å². The average molecular weight is 271 g/mol. The molecule has 3 nitrogen and oxygen atoms in total. The zero-order chi connectivity index (χ0) is 13.9. The predicted octanol–water partition coefficient (Wildman–Crippen LogP) is 2.16. The van der Waals surface area contributed by atoms with E-state index in [0.717, 1.165) is 31.4 Å². The molecule has 19 heavy (non-hydrogen) atoms. The highest BCUT2D eigenvalue weighted by Crippen LogP contribution is 2.31. The van der Waals surface area contributed by atoms with Gasteiger partial charge < -0.3 is 15.2 Å². The highest BCUT2D eigenvalue weighted by Gasteiger charge is 2.34. The number of aliphatic hydroxyl groups is 1. The van der Waals surface area contributed by atoms with Crippen molar-refractivity contribution < 1.29 is 18.6 Å². The Morgan fingerprint density at radius 3 is 2.63 bits per heavy atom. The first-order valence-corrected chi connectivity index (χ1v) is 6.44. The van der Waals surface area contributed by atoms with Crippen molar-refractivity contribution in [2.75, 3.05) is 20.3 Å². The second-order valence-electron chi connectivity index (χ2n) is 5.14. The minimum Gasteiger partial charge on any atom is -0.389 e. The summed E-state index contributed by atoms with van der Waals surface area (Å²) >= 11 is 0. The van der Waals surface area contributed by atoms with Gasteiger partial charge in [0.15, 0.2) is 11.6 Å². The molecule has 1 aliphatic carbocycles. The smallest absolute Gasteiger partial charge is 0.159 e. The Bertz CT molecular complexity index is 435. The fourth-order valence-corrected chi connectivity index (χ4v) is 2.24. The first kappa shape index (κ1) is 14.4. The molecule has 106 valence electrons. The fourth-order valence-electron chi connectivity index (χ4n) is 2.24. The van der Waals surface area contributed by atoms with Crippen molar-refractivity contribution in [2.24, 2.45) is 0 Å². The Balaban J connectivity index is 2.03. The monoisotopic (exact) mass is 271 g/mol. The van der Waals surface area contributed by atoms with Crippen molar-refractivity contribution in [1.82, 2.24) is 5.32 Å². The van der Waals surface area contributed by atoms with Gasteiger partial charge in [-0.3, -0.25) is 0 Å². The van der Waals surface area contributed by atoms with Gasteiger partial charge in [0.25, 0.3) is 0 Å². The van der Waals surface area contributed by atoms with Crippen molar-refractivity contribution in [3.05, 3.63) is 35.4 Å². The Morgan fingerprint density at radius 1 is 1.37 bits per heavy atom. The molecule has 1 fully saturated rings. The van der Waals surface area contributed by atoms with Gasteiger partial charge in [-0.1, -0.05) is 6.07 Å². The van der Waals surface area contributed by atoms with Gasteiger partial charge in [0.05, 0.1) is 18.2 Å². The van der Waals surface area contributed by atoms with E-state index < -0.39 is 17.2 Å². The van der Waals surface area contributed by atoms with E-state index in [1.165, 1.54) is 6.07 Å². The molecular formula is C14H19F2NO2. The highest BCUT2D eigenvalue weighted by atomic mass is 19.2. The van der Waals surface area contributed by atoms with Crippen LogP contribution < -0.4 is 5.32 Å². The van der Waals surface area contributed by atoms with Crippen molar-refractivity contribution in [3.8, 4) is 0 Å². The molecule has 1 atom stereocenters. The van der Waals surface area contributed by atoms with Crippen molar-refractivity contribution in [3.63, 3.8) is 0 Å². The standard InChI is InChI=1S/C14H19F2NO2/c1-19-8-13(17-9-14(18)5-2-6-14)10-3-4-11(15)12(16)7-10/h3-4,7,13,17-18H,2,5-6,8-9H2,1H3. The number of hydrogen-bond acceptors (Lipinski definition) is 3. The van der Waals surface area contributed by atoms with Gasteiger partial charge in [0, 0.05) is 13.7 Å². The topological polar surface area (TPSA) is 41.5 Å². The summed E-state index contributed by atoms with van der Waals surface area (Å²) in [6.45, 7) is 0.765. The summed E-state index contributed by atoms with van der Waals surface area (Å²) in [5.41, 5.74) is -0.0476. The molecule has 0 amide bonds. The molecule has 0 aromatic heterocycles. The van der Waals surface area contributed by atoms with Crippen LogP contribution in [0.4, 0.5) is 8.78 Å². The molecule has 0 aliphatic heterocycles. The summed E-state index contributed by atoms with van der Waals surface area (Å²) in [7, 11) is 1.55. The van der Waals surface area contributed by atoms with Crippen molar-refractivity contribution in [1.29, 1.82) is 0 Å². The van der Waals surface area contributed by atoms with E-state index in [4.69, 9.17) is 4.74 Å². The summed E-state index contributed by atoms with van der Waals surface area (Å²) < 4.78 is 31.2. The second-order valence-corrected chi connectivity index (χ2v) is 5.14. The van der Waals surface area contributed by atoms with Crippen molar-refractivity contribution >= 4 is 0 Å².